The van der Waals surface area contributed by atoms with E-state index in [0.717, 1.165) is 23.9 Å². The third kappa shape index (κ3) is 2.35. The van der Waals surface area contributed by atoms with Gasteiger partial charge in [0.2, 0.25) is 0 Å². The summed E-state index contributed by atoms with van der Waals surface area (Å²) in [6.07, 6.45) is 5.32. The quantitative estimate of drug-likeness (QED) is 0.837. The smallest absolute Gasteiger partial charge is 0.270 e. The third-order valence-corrected chi connectivity index (χ3v) is 5.01. The van der Waals surface area contributed by atoms with E-state index in [9.17, 15) is 4.79 Å². The number of hydrogen-bond donors (Lipinski definition) is 1. The zero-order valence-electron chi connectivity index (χ0n) is 11.8. The molecule has 1 aliphatic carbocycles. The number of hydrogen-bond acceptors (Lipinski definition) is 1. The minimum Gasteiger partial charge on any atom is -0.356 e. The van der Waals surface area contributed by atoms with Crippen LogP contribution in [0.4, 0.5) is 0 Å². The molecule has 2 unspecified atom stereocenters. The molecule has 1 aliphatic heterocycles. The molecule has 2 bridgehead atoms. The summed E-state index contributed by atoms with van der Waals surface area (Å²) in [6, 6.07) is 2.28. The number of aromatic amines is 1. The molecule has 4 heteroatoms. The molecule has 1 aromatic rings. The van der Waals surface area contributed by atoms with Crippen molar-refractivity contribution in [3.05, 3.63) is 22.4 Å². The molecule has 1 aromatic heterocycles. The lowest BCUT2D eigenvalue weighted by atomic mass is 9.65. The van der Waals surface area contributed by atoms with Crippen LogP contribution in [0.3, 0.4) is 0 Å². The van der Waals surface area contributed by atoms with Gasteiger partial charge >= 0.3 is 0 Å². The number of carbonyl (C=O) groups excluding carboxylic acids is 1. The Hall–Kier alpha value is -0.770. The number of halogens is 1. The maximum atomic E-state index is 12.6. The molecule has 1 saturated carbocycles. The molecular weight excluding hydrogens is 304 g/mol. The summed E-state index contributed by atoms with van der Waals surface area (Å²) >= 11 is 3.39. The van der Waals surface area contributed by atoms with Crippen molar-refractivity contribution in [2.75, 3.05) is 6.54 Å². The summed E-state index contributed by atoms with van der Waals surface area (Å²) in [6.45, 7) is 7.89. The van der Waals surface area contributed by atoms with Gasteiger partial charge in [0.25, 0.3) is 5.91 Å². The van der Waals surface area contributed by atoms with Gasteiger partial charge in [0.15, 0.2) is 0 Å². The SMILES string of the molecule is CC1(C)CC2CC(C)(CN2C(=O)c2cc(Br)c[nH]2)C1. The van der Waals surface area contributed by atoms with Crippen molar-refractivity contribution < 1.29 is 4.79 Å². The van der Waals surface area contributed by atoms with E-state index in [1.807, 2.05) is 12.3 Å². The molecule has 2 fully saturated rings. The summed E-state index contributed by atoms with van der Waals surface area (Å²) in [4.78, 5) is 17.8. The van der Waals surface area contributed by atoms with Gasteiger partial charge < -0.3 is 9.88 Å². The molecule has 2 aliphatic rings. The van der Waals surface area contributed by atoms with E-state index in [1.54, 1.807) is 0 Å². The minimum atomic E-state index is 0.150. The Morgan fingerprint density at radius 2 is 2.16 bits per heavy atom. The van der Waals surface area contributed by atoms with Gasteiger partial charge in [-0.05, 0) is 52.1 Å². The van der Waals surface area contributed by atoms with Crippen LogP contribution < -0.4 is 0 Å². The maximum absolute atomic E-state index is 12.6. The molecule has 0 radical (unpaired) electrons. The van der Waals surface area contributed by atoms with Crippen molar-refractivity contribution in [1.82, 2.24) is 9.88 Å². The van der Waals surface area contributed by atoms with E-state index in [4.69, 9.17) is 0 Å². The number of likely N-dealkylation sites (tertiary alicyclic amines) is 1. The van der Waals surface area contributed by atoms with Crippen LogP contribution >= 0.6 is 15.9 Å². The summed E-state index contributed by atoms with van der Waals surface area (Å²) in [5.74, 6) is 0.150. The Labute approximate surface area is 122 Å². The highest BCUT2D eigenvalue weighted by atomic mass is 79.9. The zero-order valence-corrected chi connectivity index (χ0v) is 13.4. The van der Waals surface area contributed by atoms with Crippen LogP contribution in [0, 0.1) is 10.8 Å². The highest BCUT2D eigenvalue weighted by molar-refractivity contribution is 9.10. The summed E-state index contributed by atoms with van der Waals surface area (Å²) < 4.78 is 0.935. The van der Waals surface area contributed by atoms with E-state index in [0.29, 0.717) is 22.6 Å². The number of fused-ring (bicyclic) bond motifs is 2. The van der Waals surface area contributed by atoms with Crippen LogP contribution in [0.2, 0.25) is 0 Å². The molecule has 1 N–H and O–H groups in total. The van der Waals surface area contributed by atoms with Crippen molar-refractivity contribution in [2.45, 2.75) is 46.1 Å². The van der Waals surface area contributed by atoms with Crippen LogP contribution in [0.15, 0.2) is 16.7 Å². The number of nitrogens with one attached hydrogen (secondary N) is 1. The Bertz CT molecular complexity index is 522. The van der Waals surface area contributed by atoms with Crippen LogP contribution in [-0.4, -0.2) is 28.4 Å². The van der Waals surface area contributed by atoms with Crippen molar-refractivity contribution in [2.24, 2.45) is 10.8 Å². The number of aromatic nitrogens is 1. The second-order valence-corrected chi connectivity index (χ2v) is 8.29. The predicted octanol–water partition coefficient (Wildman–Crippen LogP) is 3.82. The van der Waals surface area contributed by atoms with Crippen LogP contribution in [0.25, 0.3) is 0 Å². The zero-order chi connectivity index (χ0) is 13.8. The second kappa shape index (κ2) is 4.11. The number of nitrogens with zero attached hydrogens (tertiary/aromatic N) is 1. The number of H-pyrrole nitrogens is 1. The van der Waals surface area contributed by atoms with Gasteiger partial charge in [-0.1, -0.05) is 20.8 Å². The van der Waals surface area contributed by atoms with Gasteiger partial charge in [0, 0.05) is 23.3 Å². The summed E-state index contributed by atoms with van der Waals surface area (Å²) in [5.41, 5.74) is 1.34. The molecule has 3 rings (SSSR count). The topological polar surface area (TPSA) is 36.1 Å². The van der Waals surface area contributed by atoms with Gasteiger partial charge in [-0.3, -0.25) is 4.79 Å². The molecule has 104 valence electrons. The molecule has 0 aromatic carbocycles. The second-order valence-electron chi connectivity index (χ2n) is 7.38. The van der Waals surface area contributed by atoms with E-state index in [1.165, 1.54) is 6.42 Å². The first-order valence-electron chi connectivity index (χ1n) is 6.93. The number of carbonyl (C=O) groups is 1. The molecule has 3 nitrogen and oxygen atoms in total. The largest absolute Gasteiger partial charge is 0.356 e. The standard InChI is InChI=1S/C15H21BrN2O/c1-14(2)5-11-6-15(3,8-14)9-18(11)13(19)12-4-10(16)7-17-12/h4,7,11,17H,5-6,8-9H2,1-3H3. The highest BCUT2D eigenvalue weighted by Gasteiger charge is 2.51. The van der Waals surface area contributed by atoms with Crippen molar-refractivity contribution in [3.63, 3.8) is 0 Å². The highest BCUT2D eigenvalue weighted by Crippen LogP contribution is 2.52. The number of amides is 1. The molecule has 2 atom stereocenters. The molecule has 1 amide bonds. The molecule has 19 heavy (non-hydrogen) atoms. The Kier molecular flexibility index (Phi) is 2.86. The van der Waals surface area contributed by atoms with Crippen LogP contribution in [0.1, 0.15) is 50.5 Å². The summed E-state index contributed by atoms with van der Waals surface area (Å²) in [5, 5.41) is 0. The Morgan fingerprint density at radius 1 is 1.42 bits per heavy atom. The van der Waals surface area contributed by atoms with E-state index in [-0.39, 0.29) is 5.91 Å². The Morgan fingerprint density at radius 3 is 2.79 bits per heavy atom. The third-order valence-electron chi connectivity index (χ3n) is 4.55. The molecule has 2 heterocycles. The van der Waals surface area contributed by atoms with E-state index >= 15 is 0 Å². The van der Waals surface area contributed by atoms with Crippen molar-refractivity contribution in [1.29, 1.82) is 0 Å². The molecule has 1 saturated heterocycles. The van der Waals surface area contributed by atoms with Crippen molar-refractivity contribution in [3.8, 4) is 0 Å². The first-order chi connectivity index (χ1) is 8.78. The monoisotopic (exact) mass is 324 g/mol. The van der Waals surface area contributed by atoms with Gasteiger partial charge in [-0.25, -0.2) is 0 Å². The fourth-order valence-corrected chi connectivity index (χ4v) is 4.69. The molecule has 0 spiro atoms. The van der Waals surface area contributed by atoms with E-state index < -0.39 is 0 Å². The average Bonchev–Trinajstić information content (AvgIpc) is 2.78. The van der Waals surface area contributed by atoms with Gasteiger partial charge in [-0.2, -0.15) is 0 Å². The maximum Gasteiger partial charge on any atom is 0.270 e. The van der Waals surface area contributed by atoms with Crippen LogP contribution in [-0.2, 0) is 0 Å². The summed E-state index contributed by atoms with van der Waals surface area (Å²) in [7, 11) is 0. The minimum absolute atomic E-state index is 0.150. The Balaban J connectivity index is 1.86. The van der Waals surface area contributed by atoms with E-state index in [2.05, 4.69) is 46.6 Å². The lowest BCUT2D eigenvalue weighted by molar-refractivity contribution is 0.0703. The van der Waals surface area contributed by atoms with Gasteiger partial charge in [0.05, 0.1) is 0 Å². The predicted molar refractivity (Wildman–Crippen MR) is 79.1 cm³/mol. The van der Waals surface area contributed by atoms with Crippen LogP contribution in [0.5, 0.6) is 0 Å². The van der Waals surface area contributed by atoms with Gasteiger partial charge in [0.1, 0.15) is 5.69 Å². The normalized spacial score (nSPS) is 32.6. The molecular formula is C15H21BrN2O. The van der Waals surface area contributed by atoms with Crippen molar-refractivity contribution >= 4 is 21.8 Å². The fraction of sp³-hybridized carbons (Fsp3) is 0.667. The fourth-order valence-electron chi connectivity index (χ4n) is 4.34. The van der Waals surface area contributed by atoms with Gasteiger partial charge in [-0.15, -0.1) is 0 Å². The first-order valence-corrected chi connectivity index (χ1v) is 7.72. The average molecular weight is 325 g/mol. The number of rotatable bonds is 1. The first kappa shape index (κ1) is 13.2. The lowest BCUT2D eigenvalue weighted by Crippen LogP contribution is -2.37. The lowest BCUT2D eigenvalue weighted by Gasteiger charge is -2.39.